The molecule has 1 aliphatic heterocycles. The molecular weight excluding hydrogens is 456 g/mol. The van der Waals surface area contributed by atoms with E-state index in [0.29, 0.717) is 6.42 Å². The Hall–Kier alpha value is 0.310. The molecule has 0 amide bonds. The lowest BCUT2D eigenvalue weighted by atomic mass is 9.90. The molecule has 13 heteroatoms. The maximum atomic E-state index is 13.7. The molecule has 184 valence electrons. The van der Waals surface area contributed by atoms with Gasteiger partial charge in [-0.1, -0.05) is 13.8 Å². The van der Waals surface area contributed by atoms with Gasteiger partial charge in [-0.25, -0.2) is 0 Å². The van der Waals surface area contributed by atoms with Crippen molar-refractivity contribution in [3.05, 3.63) is 0 Å². The second-order valence-corrected chi connectivity index (χ2v) is 14.7. The van der Waals surface area contributed by atoms with Crippen LogP contribution in [0.2, 0.25) is 0 Å². The van der Waals surface area contributed by atoms with E-state index in [1.54, 1.807) is 13.8 Å². The minimum atomic E-state index is -4.56. The fourth-order valence-electron chi connectivity index (χ4n) is 3.15. The second kappa shape index (κ2) is 9.75. The molecule has 0 spiro atoms. The van der Waals surface area contributed by atoms with E-state index >= 15 is 0 Å². The lowest BCUT2D eigenvalue weighted by molar-refractivity contribution is -0.0358. The van der Waals surface area contributed by atoms with Crippen LogP contribution < -0.4 is 0 Å². The molecule has 4 N–H and O–H groups in total. The fourth-order valence-corrected chi connectivity index (χ4v) is 6.55. The van der Waals surface area contributed by atoms with Gasteiger partial charge in [0.25, 0.3) is 0 Å². The Morgan fingerprint density at radius 1 is 0.969 bits per heavy atom. The Kier molecular flexibility index (Phi) is 9.25. The highest BCUT2D eigenvalue weighted by molar-refractivity contribution is 7.84. The maximum absolute atomic E-state index is 13.7. The van der Waals surface area contributed by atoms with Crippen LogP contribution in [-0.4, -0.2) is 81.6 Å². The Balaban J connectivity index is 3.17. The van der Waals surface area contributed by atoms with E-state index in [-0.39, 0.29) is 12.8 Å². The largest absolute Gasteiger partial charge is 0.388 e. The molecule has 32 heavy (non-hydrogen) atoms. The molecule has 0 aromatic rings. The van der Waals surface area contributed by atoms with Crippen LogP contribution in [0.5, 0.6) is 0 Å². The zero-order chi connectivity index (χ0) is 25.6. The van der Waals surface area contributed by atoms with Gasteiger partial charge >= 0.3 is 7.60 Å². The van der Waals surface area contributed by atoms with E-state index in [2.05, 4.69) is 0 Å². The SMILES string of the molecule is [B][C@@H]1O[C@H](CC(C)(CC)OP([B])(=O)C(C)(C)C(C)(C)OP(=O)(O)C(C)(O)CC)[C@@H](O)[C@H]1O. The molecule has 9 nitrogen and oxygen atoms in total. The highest BCUT2D eigenvalue weighted by atomic mass is 31.2. The van der Waals surface area contributed by atoms with Gasteiger partial charge in [0.05, 0.1) is 28.6 Å². The second-order valence-electron chi connectivity index (χ2n) is 10.1. The van der Waals surface area contributed by atoms with Crippen LogP contribution in [0, 0.1) is 0 Å². The predicted molar refractivity (Wildman–Crippen MR) is 124 cm³/mol. The number of hydrogen-bond donors (Lipinski definition) is 4. The molecule has 1 rings (SSSR count). The first-order chi connectivity index (χ1) is 14.1. The van der Waals surface area contributed by atoms with Crippen LogP contribution in [0.4, 0.5) is 0 Å². The van der Waals surface area contributed by atoms with Gasteiger partial charge < -0.3 is 34.0 Å². The molecule has 0 aliphatic carbocycles. The fraction of sp³-hybridized carbons (Fsp3) is 1.00. The van der Waals surface area contributed by atoms with Crippen molar-refractivity contribution in [3.63, 3.8) is 0 Å². The van der Waals surface area contributed by atoms with E-state index in [0.717, 1.165) is 0 Å². The maximum Gasteiger partial charge on any atom is 0.359 e. The zero-order valence-corrected chi connectivity index (χ0v) is 22.1. The zero-order valence-electron chi connectivity index (χ0n) is 20.3. The Morgan fingerprint density at radius 3 is 1.84 bits per heavy atom. The normalized spacial score (nSPS) is 32.5. The standard InChI is InChI=1S/C19H38B2O9P2/c1-9-18(7,11-12-13(22)14(23)15(20)28-12)30-31(21,25)17(5,6)16(3,4)29-32(26,27)19(8,24)10-2/h12-15,22-24H,9-11H2,1-8H3,(H,26,27)/t12-,13-,14-,15-,18?,19?,31?/m1/s1. The summed E-state index contributed by atoms with van der Waals surface area (Å²) in [6, 6.07) is -1.06. The molecule has 1 aliphatic rings. The van der Waals surface area contributed by atoms with E-state index in [9.17, 15) is 29.3 Å². The molecule has 4 radical (unpaired) electrons. The van der Waals surface area contributed by atoms with Gasteiger partial charge in [0.2, 0.25) is 7.57 Å². The van der Waals surface area contributed by atoms with Gasteiger partial charge in [0.15, 0.2) is 12.6 Å². The third-order valence-electron chi connectivity index (χ3n) is 7.02. The molecule has 0 saturated carbocycles. The summed E-state index contributed by atoms with van der Waals surface area (Å²) in [6.07, 6.45) is -3.06. The summed E-state index contributed by atoms with van der Waals surface area (Å²) >= 11 is 0. The smallest absolute Gasteiger partial charge is 0.359 e. The topological polar surface area (TPSA) is 143 Å². The summed E-state index contributed by atoms with van der Waals surface area (Å²) in [5.41, 5.74) is -2.71. The van der Waals surface area contributed by atoms with Gasteiger partial charge in [-0.2, -0.15) is 0 Å². The minimum Gasteiger partial charge on any atom is -0.388 e. The molecule has 0 aromatic heterocycles. The summed E-state index contributed by atoms with van der Waals surface area (Å²) in [6.45, 7) is 12.0. The molecule has 0 bridgehead atoms. The number of hydrogen-bond acceptors (Lipinski definition) is 8. The number of aliphatic hydroxyl groups is 3. The molecule has 8 atom stereocenters. The third kappa shape index (κ3) is 5.92. The van der Waals surface area contributed by atoms with Crippen LogP contribution >= 0.6 is 14.8 Å². The molecule has 1 heterocycles. The van der Waals surface area contributed by atoms with Crippen molar-refractivity contribution in [3.8, 4) is 0 Å². The summed E-state index contributed by atoms with van der Waals surface area (Å²) in [4.78, 5) is 10.4. The van der Waals surface area contributed by atoms with Gasteiger partial charge in [-0.15, -0.1) is 0 Å². The van der Waals surface area contributed by atoms with Crippen molar-refractivity contribution in [1.82, 2.24) is 0 Å². The Labute approximate surface area is 194 Å². The average molecular weight is 494 g/mol. The third-order valence-corrected chi connectivity index (χ3v) is 12.1. The lowest BCUT2D eigenvalue weighted by Crippen LogP contribution is -2.49. The van der Waals surface area contributed by atoms with E-state index in [4.69, 9.17) is 29.2 Å². The monoisotopic (exact) mass is 494 g/mol. The first kappa shape index (κ1) is 30.3. The summed E-state index contributed by atoms with van der Waals surface area (Å²) in [5.74, 6) is 0. The first-order valence-electron chi connectivity index (χ1n) is 10.7. The average Bonchev–Trinajstić information content (AvgIpc) is 2.86. The quantitative estimate of drug-likeness (QED) is 0.252. The van der Waals surface area contributed by atoms with Crippen LogP contribution in [-0.2, 0) is 22.9 Å². The molecule has 1 saturated heterocycles. The van der Waals surface area contributed by atoms with Gasteiger partial charge in [0, 0.05) is 12.4 Å². The van der Waals surface area contributed by atoms with Gasteiger partial charge in [0.1, 0.15) is 14.0 Å². The van der Waals surface area contributed by atoms with Gasteiger partial charge in [-0.05, 0) is 54.4 Å². The van der Waals surface area contributed by atoms with E-state index in [1.807, 2.05) is 0 Å². The predicted octanol–water partition coefficient (Wildman–Crippen LogP) is 2.42. The highest BCUT2D eigenvalue weighted by Crippen LogP contribution is 2.67. The van der Waals surface area contributed by atoms with E-state index < -0.39 is 60.9 Å². The lowest BCUT2D eigenvalue weighted by Gasteiger charge is -2.49. The van der Waals surface area contributed by atoms with Crippen LogP contribution in [0.25, 0.3) is 0 Å². The number of rotatable bonds is 11. The van der Waals surface area contributed by atoms with Crippen molar-refractivity contribution in [2.24, 2.45) is 0 Å². The van der Waals surface area contributed by atoms with Crippen LogP contribution in [0.15, 0.2) is 0 Å². The van der Waals surface area contributed by atoms with Crippen molar-refractivity contribution in [2.75, 3.05) is 0 Å². The summed E-state index contributed by atoms with van der Waals surface area (Å²) < 4.78 is 43.3. The van der Waals surface area contributed by atoms with Crippen molar-refractivity contribution in [2.45, 2.75) is 121 Å². The highest BCUT2D eigenvalue weighted by Gasteiger charge is 2.56. The molecule has 0 aromatic carbocycles. The van der Waals surface area contributed by atoms with Crippen LogP contribution in [0.3, 0.4) is 0 Å². The van der Waals surface area contributed by atoms with Gasteiger partial charge in [-0.3, -0.25) is 9.09 Å². The van der Waals surface area contributed by atoms with Crippen molar-refractivity contribution < 1.29 is 43.1 Å². The number of aliphatic hydroxyl groups excluding tert-OH is 2. The first-order valence-corrected chi connectivity index (χ1v) is 14.0. The Morgan fingerprint density at radius 2 is 1.47 bits per heavy atom. The summed E-state index contributed by atoms with van der Waals surface area (Å²) in [7, 11) is 3.21. The molecule has 1 fully saturated rings. The Bertz CT molecular complexity index is 761. The molecular formula is C19H38B2O9P2. The van der Waals surface area contributed by atoms with Crippen molar-refractivity contribution >= 4 is 30.3 Å². The van der Waals surface area contributed by atoms with Crippen LogP contribution in [0.1, 0.15) is 74.7 Å². The van der Waals surface area contributed by atoms with Crippen molar-refractivity contribution in [1.29, 1.82) is 0 Å². The minimum absolute atomic E-state index is 0.0387. The number of ether oxygens (including phenoxy) is 1. The molecule has 4 unspecified atom stereocenters. The van der Waals surface area contributed by atoms with E-state index in [1.165, 1.54) is 41.5 Å². The summed E-state index contributed by atoms with van der Waals surface area (Å²) in [5, 5.41) is 26.9.